The van der Waals surface area contributed by atoms with Crippen LogP contribution >= 0.6 is 0 Å². The van der Waals surface area contributed by atoms with E-state index in [1.807, 2.05) is 78.3 Å². The van der Waals surface area contributed by atoms with Gasteiger partial charge in [0.2, 0.25) is 11.1 Å². The number of rotatable bonds is 16. The average molecular weight is 799 g/mol. The van der Waals surface area contributed by atoms with E-state index in [-0.39, 0.29) is 16.4 Å². The fourth-order valence-corrected chi connectivity index (χ4v) is 6.74. The molecule has 0 fully saturated rings. The van der Waals surface area contributed by atoms with Gasteiger partial charge >= 0.3 is 5.97 Å². The molecule has 12 heteroatoms. The molecule has 3 N–H and O–H groups in total. The maximum Gasteiger partial charge on any atom is 0.350 e. The Balaban J connectivity index is 0.000000214. The van der Waals surface area contributed by atoms with Gasteiger partial charge in [0.1, 0.15) is 39.7 Å². The van der Waals surface area contributed by atoms with Crippen molar-refractivity contribution in [1.82, 2.24) is 19.0 Å². The summed E-state index contributed by atoms with van der Waals surface area (Å²) in [5, 5.41) is 28.4. The van der Waals surface area contributed by atoms with Crippen molar-refractivity contribution in [2.45, 2.75) is 87.0 Å². The van der Waals surface area contributed by atoms with Gasteiger partial charge in [-0.2, -0.15) is 0 Å². The number of aryl methyl sites for hydroxylation is 4. The van der Waals surface area contributed by atoms with E-state index in [0.29, 0.717) is 29.2 Å². The van der Waals surface area contributed by atoms with Crippen molar-refractivity contribution in [3.63, 3.8) is 0 Å². The van der Waals surface area contributed by atoms with Gasteiger partial charge in [0, 0.05) is 13.1 Å². The SMILES string of the molecule is CCCCCCCCOC(=O)/C(=C/C=C/N(CC)CC)S(=O)Oc1ccccc1.Cc1cc(C)c(O)c(-n2n3c4ccccc4n23)c1.Cc1cc(O)c(C)cc1O. The summed E-state index contributed by atoms with van der Waals surface area (Å²) < 4.78 is 27.5. The number of phenolic OH excluding ortho intramolecular Hbond substituents is 3. The molecule has 4 aromatic carbocycles. The lowest BCUT2D eigenvalue weighted by Gasteiger charge is -2.14. The van der Waals surface area contributed by atoms with Gasteiger partial charge < -0.3 is 29.1 Å². The minimum absolute atomic E-state index is 0.00300. The van der Waals surface area contributed by atoms with Crippen molar-refractivity contribution in [2.75, 3.05) is 19.7 Å². The highest BCUT2D eigenvalue weighted by Gasteiger charge is 2.25. The van der Waals surface area contributed by atoms with Crippen LogP contribution in [-0.4, -0.2) is 64.2 Å². The number of carbonyl (C=O) groups is 1. The molecule has 0 bridgehead atoms. The zero-order chi connectivity index (χ0) is 41.5. The summed E-state index contributed by atoms with van der Waals surface area (Å²) in [6, 6.07) is 24.1. The van der Waals surface area contributed by atoms with Gasteiger partial charge in [-0.05, 0) is 131 Å². The fourth-order valence-electron chi connectivity index (χ4n) is 5.98. The van der Waals surface area contributed by atoms with Gasteiger partial charge in [0.15, 0.2) is 4.91 Å². The Bertz CT molecular complexity index is 2150. The highest BCUT2D eigenvalue weighted by atomic mass is 32.2. The van der Waals surface area contributed by atoms with E-state index in [1.54, 1.807) is 56.3 Å². The van der Waals surface area contributed by atoms with E-state index >= 15 is 0 Å². The molecule has 11 nitrogen and oxygen atoms in total. The van der Waals surface area contributed by atoms with Crippen LogP contribution in [0.4, 0.5) is 0 Å². The predicted octanol–water partition coefficient (Wildman–Crippen LogP) is 9.83. The lowest BCUT2D eigenvalue weighted by Crippen LogP contribution is -2.17. The smallest absolute Gasteiger partial charge is 0.350 e. The Morgan fingerprint density at radius 3 is 1.88 bits per heavy atom. The number of ether oxygens (including phenoxy) is 1. The third kappa shape index (κ3) is 12.2. The van der Waals surface area contributed by atoms with Crippen LogP contribution < -0.4 is 4.18 Å². The highest BCUT2D eigenvalue weighted by molar-refractivity contribution is 7.85. The molecule has 2 heterocycles. The second kappa shape index (κ2) is 21.6. The third-order valence-electron chi connectivity index (χ3n) is 9.36. The summed E-state index contributed by atoms with van der Waals surface area (Å²) in [4.78, 5) is 16.6. The number of hydrogen-bond acceptors (Lipinski definition) is 8. The van der Waals surface area contributed by atoms with Crippen LogP contribution in [0.15, 0.2) is 102 Å². The normalized spacial score (nSPS) is 12.0. The number of benzene rings is 4. The van der Waals surface area contributed by atoms with Gasteiger partial charge in [-0.3, -0.25) is 0 Å². The summed E-state index contributed by atoms with van der Waals surface area (Å²) in [6.45, 7) is 15.8. The van der Waals surface area contributed by atoms with E-state index < -0.39 is 17.0 Å². The number of carbonyl (C=O) groups excluding carboxylic acids is 1. The molecule has 1 unspecified atom stereocenters. The highest BCUT2D eigenvalue weighted by Crippen LogP contribution is 2.33. The van der Waals surface area contributed by atoms with Crippen LogP contribution in [0, 0.1) is 27.7 Å². The van der Waals surface area contributed by atoms with Crippen LogP contribution in [0.25, 0.3) is 16.7 Å². The molecule has 0 amide bonds. The maximum absolute atomic E-state index is 12.6. The van der Waals surface area contributed by atoms with Gasteiger partial charge in [0.25, 0.3) is 0 Å². The average Bonchev–Trinajstić information content (AvgIpc) is 3.86. The van der Waals surface area contributed by atoms with Gasteiger partial charge in [-0.15, -0.1) is 14.1 Å². The zero-order valence-corrected chi connectivity index (χ0v) is 35.1. The first-order valence-electron chi connectivity index (χ1n) is 19.6. The summed E-state index contributed by atoms with van der Waals surface area (Å²) in [6.07, 6.45) is 11.7. The lowest BCUT2D eigenvalue weighted by molar-refractivity contribution is -0.138. The number of para-hydroxylation sites is 3. The van der Waals surface area contributed by atoms with Crippen molar-refractivity contribution in [3.8, 4) is 28.7 Å². The second-order valence-corrected chi connectivity index (χ2v) is 14.9. The molecule has 0 spiro atoms. The molecule has 57 heavy (non-hydrogen) atoms. The van der Waals surface area contributed by atoms with Crippen LogP contribution in [0.1, 0.15) is 81.5 Å². The predicted molar refractivity (Wildman–Crippen MR) is 229 cm³/mol. The summed E-state index contributed by atoms with van der Waals surface area (Å²) in [5.74, 6) is 0.650. The summed E-state index contributed by atoms with van der Waals surface area (Å²) in [5.41, 5.74) is 6.64. The Kier molecular flexibility index (Phi) is 16.7. The Hall–Kier alpha value is -5.62. The van der Waals surface area contributed by atoms with Gasteiger partial charge in [-0.25, -0.2) is 9.00 Å². The Morgan fingerprint density at radius 2 is 1.30 bits per heavy atom. The molecular weight excluding hydrogens is 741 g/mol. The quantitative estimate of drug-likeness (QED) is 0.0290. The van der Waals surface area contributed by atoms with Crippen LogP contribution in [0.3, 0.4) is 0 Å². The van der Waals surface area contributed by atoms with E-state index in [1.165, 1.54) is 36.4 Å². The third-order valence-corrected chi connectivity index (χ3v) is 10.4. The molecule has 2 aromatic heterocycles. The molecular formula is C45H58N4O7S. The molecule has 6 aromatic rings. The van der Waals surface area contributed by atoms with E-state index in [9.17, 15) is 14.1 Å². The molecule has 6 rings (SSSR count). The minimum atomic E-state index is -1.95. The number of fused-ring (bicyclic) bond motifs is 4. The molecule has 0 saturated heterocycles. The standard InChI is InChI=1S/C23H35NO4S.C14H13N3O.C8H10O2/c1-4-7-8-9-10-14-20-27-23(25)22(18-15-19-24(5-2)6-3)29(26)28-21-16-12-11-13-17-21;1-9-7-10(2)14(18)13(8-9)17-15-11-5-3-4-6-12(11)16(15)17;1-5-3-8(10)6(2)4-7(5)9/h11-13,15-19H,4-10,14,20H2,1-3H3;3-8,18H,1-2H3;3-4,9-10H,1-2H3/b19-15+,22-18-;;. The number of nitrogens with zero attached hydrogens (tertiary/aromatic N) is 4. The largest absolute Gasteiger partial charge is 0.508 e. The Morgan fingerprint density at radius 1 is 0.737 bits per heavy atom. The zero-order valence-electron chi connectivity index (χ0n) is 34.3. The lowest BCUT2D eigenvalue weighted by atomic mass is 10.1. The second-order valence-electron chi connectivity index (χ2n) is 13.9. The van der Waals surface area contributed by atoms with Crippen molar-refractivity contribution in [1.29, 1.82) is 0 Å². The van der Waals surface area contributed by atoms with E-state index in [4.69, 9.17) is 19.1 Å². The number of aromatic hydroxyl groups is 3. The first kappa shape index (κ1) is 44.1. The van der Waals surface area contributed by atoms with Crippen molar-refractivity contribution in [2.24, 2.45) is 0 Å². The molecule has 306 valence electrons. The number of phenols is 3. The maximum atomic E-state index is 12.6. The molecule has 0 saturated carbocycles. The fraction of sp³-hybridized carbons (Fsp3) is 0.356. The molecule has 0 aliphatic carbocycles. The number of aromatic nitrogens is 3. The molecule has 1 atom stereocenters. The minimum Gasteiger partial charge on any atom is -0.508 e. The van der Waals surface area contributed by atoms with Crippen molar-refractivity contribution < 1.29 is 33.2 Å². The van der Waals surface area contributed by atoms with Crippen LogP contribution in [-0.2, 0) is 20.6 Å². The van der Waals surface area contributed by atoms with Gasteiger partial charge in [0.05, 0.1) is 6.61 Å². The van der Waals surface area contributed by atoms with Crippen molar-refractivity contribution in [3.05, 3.63) is 124 Å². The number of hydrogen-bond donors (Lipinski definition) is 3. The summed E-state index contributed by atoms with van der Waals surface area (Å²) in [7, 11) is 0. The first-order valence-corrected chi connectivity index (χ1v) is 20.7. The van der Waals surface area contributed by atoms with E-state index in [2.05, 4.69) is 24.0 Å². The first-order chi connectivity index (χ1) is 27.4. The Labute approximate surface area is 339 Å². The monoisotopic (exact) mass is 798 g/mol. The summed E-state index contributed by atoms with van der Waals surface area (Å²) >= 11 is -1.95. The van der Waals surface area contributed by atoms with Crippen molar-refractivity contribution >= 4 is 28.1 Å². The van der Waals surface area contributed by atoms with Crippen LogP contribution in [0.5, 0.6) is 23.0 Å². The number of allylic oxidation sites excluding steroid dienone is 2. The number of unbranched alkanes of at least 4 members (excludes halogenated alkanes) is 5. The van der Waals surface area contributed by atoms with Crippen LogP contribution in [0.2, 0.25) is 0 Å². The molecule has 0 radical (unpaired) electrons. The topological polar surface area (TPSA) is 130 Å². The van der Waals surface area contributed by atoms with Gasteiger partial charge in [-0.1, -0.05) is 75.4 Å². The molecule has 0 aliphatic rings. The number of esters is 1. The molecule has 0 aliphatic heterocycles. The van der Waals surface area contributed by atoms with E-state index in [0.717, 1.165) is 49.2 Å².